The average Bonchev–Trinajstić information content (AvgIpc) is 2.76. The van der Waals surface area contributed by atoms with E-state index in [9.17, 15) is 23.1 Å². The monoisotopic (exact) mass is 492 g/mol. The minimum atomic E-state index is -4.29. The molecule has 2 atom stereocenters. The summed E-state index contributed by atoms with van der Waals surface area (Å²) in [6.45, 7) is 0.401. The lowest BCUT2D eigenvalue weighted by Crippen LogP contribution is -2.61. The van der Waals surface area contributed by atoms with E-state index in [2.05, 4.69) is 14.8 Å². The summed E-state index contributed by atoms with van der Waals surface area (Å²) in [5, 5.41) is 12.7. The molecule has 4 fully saturated rings. The van der Waals surface area contributed by atoms with Crippen LogP contribution in [0.4, 0.5) is 0 Å². The molecule has 4 bridgehead atoms. The minimum Gasteiger partial charge on any atom is -0.480 e. The van der Waals surface area contributed by atoms with Crippen molar-refractivity contribution in [1.82, 2.24) is 14.8 Å². The number of unbranched alkanes of at least 4 members (excludes halogenated alkanes) is 1. The van der Waals surface area contributed by atoms with Gasteiger partial charge in [-0.1, -0.05) is 36.8 Å². The quantitative estimate of drug-likeness (QED) is 0.281. The zero-order chi connectivity index (χ0) is 24.3. The molecule has 0 aromatic heterocycles. The van der Waals surface area contributed by atoms with Gasteiger partial charge in [-0.2, -0.15) is 17.9 Å². The molecule has 34 heavy (non-hydrogen) atoms. The van der Waals surface area contributed by atoms with Crippen LogP contribution >= 0.6 is 0 Å². The highest BCUT2D eigenvalue weighted by molar-refractivity contribution is 7.87. The van der Waals surface area contributed by atoms with Gasteiger partial charge in [0.05, 0.1) is 0 Å². The molecular weight excluding hydrogens is 456 g/mol. The zero-order valence-electron chi connectivity index (χ0n) is 19.4. The maximum atomic E-state index is 13.5. The summed E-state index contributed by atoms with van der Waals surface area (Å²) in [5.41, 5.74) is 5.69. The molecule has 0 saturated heterocycles. The van der Waals surface area contributed by atoms with Crippen molar-refractivity contribution in [3.05, 3.63) is 35.9 Å². The van der Waals surface area contributed by atoms with Crippen LogP contribution in [0.1, 0.15) is 69.4 Å². The Bertz CT molecular complexity index is 949. The number of carbonyl (C=O) groups is 2. The molecule has 0 spiro atoms. The van der Waals surface area contributed by atoms with E-state index in [0.29, 0.717) is 42.7 Å². The first-order valence-electron chi connectivity index (χ1n) is 12.3. The summed E-state index contributed by atoms with van der Waals surface area (Å²) in [5.74, 6) is 0.227. The third-order valence-corrected chi connectivity index (χ3v) is 8.78. The summed E-state index contributed by atoms with van der Waals surface area (Å²) in [6.07, 6.45) is 7.71. The fraction of sp³-hybridized carbons (Fsp3) is 0.667. The molecule has 10 heteroatoms. The van der Waals surface area contributed by atoms with E-state index in [0.717, 1.165) is 19.3 Å². The van der Waals surface area contributed by atoms with Crippen LogP contribution in [0.5, 0.6) is 0 Å². The fourth-order valence-electron chi connectivity index (χ4n) is 6.62. The van der Waals surface area contributed by atoms with Crippen molar-refractivity contribution in [2.45, 2.75) is 75.4 Å². The average molecular weight is 493 g/mol. The van der Waals surface area contributed by atoms with Gasteiger partial charge in [0.15, 0.2) is 0 Å². The second-order valence-corrected chi connectivity index (χ2v) is 11.9. The summed E-state index contributed by atoms with van der Waals surface area (Å²) < 4.78 is 30.5. The van der Waals surface area contributed by atoms with E-state index in [1.807, 2.05) is 0 Å². The number of nitrogens with two attached hydrogens (primary N) is 1. The lowest BCUT2D eigenvalue weighted by Gasteiger charge is -2.57. The number of aliphatic carboxylic acids is 1. The Balaban J connectivity index is 1.50. The number of rotatable bonds is 12. The number of benzene rings is 1. The molecule has 188 valence electrons. The Hall–Kier alpha value is -2.01. The third kappa shape index (κ3) is 5.97. The first kappa shape index (κ1) is 25.1. The van der Waals surface area contributed by atoms with Crippen molar-refractivity contribution in [2.75, 3.05) is 6.54 Å². The van der Waals surface area contributed by atoms with Crippen molar-refractivity contribution in [2.24, 2.45) is 23.5 Å². The highest BCUT2D eigenvalue weighted by Crippen LogP contribution is 2.55. The van der Waals surface area contributed by atoms with Gasteiger partial charge in [-0.3, -0.25) is 9.59 Å². The maximum absolute atomic E-state index is 13.5. The second-order valence-electron chi connectivity index (χ2n) is 10.4. The van der Waals surface area contributed by atoms with E-state index in [1.54, 1.807) is 30.3 Å². The van der Waals surface area contributed by atoms with E-state index in [4.69, 9.17) is 5.73 Å². The predicted octanol–water partition coefficient (Wildman–Crippen LogP) is 1.82. The molecule has 4 saturated carbocycles. The van der Waals surface area contributed by atoms with Gasteiger partial charge in [-0.05, 0) is 81.2 Å². The molecule has 4 aliphatic carbocycles. The van der Waals surface area contributed by atoms with Crippen LogP contribution in [-0.2, 0) is 19.8 Å². The van der Waals surface area contributed by atoms with E-state index in [-0.39, 0.29) is 12.0 Å². The standard InChI is InChI=1S/C24H36N4O5S/c25-9-5-4-8-20(23(30)31)27-34(32,33)28-21(19-6-2-1-3-7-19)22(29)26-24-13-16-10-17(14-24)12-18(11-16)15-24/h1-3,6-7,16-18,20-21,27-28H,4-5,8-15,25H2,(H,26,29)(H,30,31)/t16?,17?,18?,20-,21-,24?/m0/s1. The maximum Gasteiger partial charge on any atom is 0.321 e. The number of carbonyl (C=O) groups excluding carboxylic acids is 1. The van der Waals surface area contributed by atoms with Gasteiger partial charge in [-0.25, -0.2) is 0 Å². The first-order chi connectivity index (χ1) is 16.2. The van der Waals surface area contributed by atoms with Crippen molar-refractivity contribution in [3.63, 3.8) is 0 Å². The molecule has 0 heterocycles. The summed E-state index contributed by atoms with van der Waals surface area (Å²) in [4.78, 5) is 25.2. The van der Waals surface area contributed by atoms with Crippen molar-refractivity contribution in [1.29, 1.82) is 0 Å². The number of hydrogen-bond donors (Lipinski definition) is 5. The predicted molar refractivity (Wildman–Crippen MR) is 128 cm³/mol. The molecule has 6 N–H and O–H groups in total. The number of nitrogens with one attached hydrogen (secondary N) is 3. The third-order valence-electron chi connectivity index (χ3n) is 7.64. The van der Waals surface area contributed by atoms with E-state index >= 15 is 0 Å². The lowest BCUT2D eigenvalue weighted by atomic mass is 9.53. The molecule has 5 rings (SSSR count). The Morgan fingerprint density at radius 1 is 1.00 bits per heavy atom. The fourth-order valence-corrected chi connectivity index (χ4v) is 7.83. The Morgan fingerprint density at radius 3 is 2.12 bits per heavy atom. The largest absolute Gasteiger partial charge is 0.480 e. The van der Waals surface area contributed by atoms with Crippen LogP contribution in [0.25, 0.3) is 0 Å². The zero-order valence-corrected chi connectivity index (χ0v) is 20.2. The smallest absolute Gasteiger partial charge is 0.321 e. The highest BCUT2D eigenvalue weighted by Gasteiger charge is 2.52. The number of carboxylic acid groups (broad SMARTS) is 1. The Morgan fingerprint density at radius 2 is 1.59 bits per heavy atom. The van der Waals surface area contributed by atoms with Crippen molar-refractivity contribution >= 4 is 22.1 Å². The number of carboxylic acids is 1. The molecule has 1 amide bonds. The van der Waals surface area contributed by atoms with Crippen LogP contribution in [0, 0.1) is 17.8 Å². The second kappa shape index (κ2) is 10.3. The number of amides is 1. The Kier molecular flexibility index (Phi) is 7.61. The van der Waals surface area contributed by atoms with E-state index in [1.165, 1.54) is 19.3 Å². The van der Waals surface area contributed by atoms with Gasteiger partial charge in [0, 0.05) is 5.54 Å². The summed E-state index contributed by atoms with van der Waals surface area (Å²) in [6, 6.07) is 6.22. The number of hydrogen-bond acceptors (Lipinski definition) is 5. The molecular formula is C24H36N4O5S. The van der Waals surface area contributed by atoms with E-state index < -0.39 is 34.2 Å². The normalized spacial score (nSPS) is 29.5. The molecule has 4 aliphatic rings. The SMILES string of the molecule is NCCCC[C@H](NS(=O)(=O)N[C@H](C(=O)NC12CC3CC(CC(C3)C1)C2)c1ccccc1)C(=O)O. The van der Waals surface area contributed by atoms with Crippen LogP contribution in [0.2, 0.25) is 0 Å². The van der Waals surface area contributed by atoms with Gasteiger partial charge in [-0.15, -0.1) is 0 Å². The van der Waals surface area contributed by atoms with Crippen molar-refractivity contribution in [3.8, 4) is 0 Å². The first-order valence-corrected chi connectivity index (χ1v) is 13.8. The van der Waals surface area contributed by atoms with Crippen LogP contribution in [-0.4, -0.2) is 43.5 Å². The van der Waals surface area contributed by atoms with Crippen LogP contribution in [0.15, 0.2) is 30.3 Å². The van der Waals surface area contributed by atoms with Gasteiger partial charge >= 0.3 is 5.97 Å². The molecule has 9 nitrogen and oxygen atoms in total. The topological polar surface area (TPSA) is 151 Å². The molecule has 1 aromatic carbocycles. The van der Waals surface area contributed by atoms with Crippen molar-refractivity contribution < 1.29 is 23.1 Å². The molecule has 0 radical (unpaired) electrons. The Labute approximate surface area is 201 Å². The van der Waals surface area contributed by atoms with Crippen LogP contribution < -0.4 is 20.5 Å². The lowest BCUT2D eigenvalue weighted by molar-refractivity contribution is -0.139. The van der Waals surface area contributed by atoms with Gasteiger partial charge < -0.3 is 16.2 Å². The summed E-state index contributed by atoms with van der Waals surface area (Å²) >= 11 is 0. The molecule has 1 aromatic rings. The van der Waals surface area contributed by atoms with Gasteiger partial charge in [0.25, 0.3) is 10.2 Å². The highest BCUT2D eigenvalue weighted by atomic mass is 32.2. The minimum absolute atomic E-state index is 0.114. The van der Waals surface area contributed by atoms with Gasteiger partial charge in [0.1, 0.15) is 12.1 Å². The molecule has 0 aliphatic heterocycles. The molecule has 0 unspecified atom stereocenters. The van der Waals surface area contributed by atoms with Crippen LogP contribution in [0.3, 0.4) is 0 Å². The van der Waals surface area contributed by atoms with Gasteiger partial charge in [0.2, 0.25) is 5.91 Å². The summed E-state index contributed by atoms with van der Waals surface area (Å²) in [7, 11) is -4.29.